The van der Waals surface area contributed by atoms with E-state index in [2.05, 4.69) is 36.4 Å². The number of hydrogen-bond donors (Lipinski definition) is 1. The maximum Gasteiger partial charge on any atom is 0.307 e. The fourth-order valence-electron chi connectivity index (χ4n) is 3.14. The summed E-state index contributed by atoms with van der Waals surface area (Å²) in [7, 11) is 0. The van der Waals surface area contributed by atoms with Crippen molar-refractivity contribution in [2.45, 2.75) is 64.3 Å². The minimum Gasteiger partial charge on any atom is -0.481 e. The summed E-state index contributed by atoms with van der Waals surface area (Å²) in [5.74, 6) is -2.40. The minimum atomic E-state index is -1.18. The zero-order chi connectivity index (χ0) is 20.0. The zero-order valence-electron chi connectivity index (χ0n) is 16.0. The third-order valence-electron chi connectivity index (χ3n) is 4.74. The first-order chi connectivity index (χ1) is 12.8. The van der Waals surface area contributed by atoms with Gasteiger partial charge in [0.1, 0.15) is 11.6 Å². The van der Waals surface area contributed by atoms with Crippen LogP contribution in [0.25, 0.3) is 0 Å². The van der Waals surface area contributed by atoms with Crippen LogP contribution in [0.2, 0.25) is 0 Å². The number of allylic oxidation sites excluding steroid dienone is 3. The smallest absolute Gasteiger partial charge is 0.307 e. The van der Waals surface area contributed by atoms with Gasteiger partial charge in [-0.1, -0.05) is 37.1 Å². The van der Waals surface area contributed by atoms with E-state index in [4.69, 9.17) is 5.11 Å². The van der Waals surface area contributed by atoms with Crippen LogP contribution in [0.1, 0.15) is 51.2 Å². The summed E-state index contributed by atoms with van der Waals surface area (Å²) >= 11 is 1.68. The molecular formula is C21H27F2NO2S. The maximum absolute atomic E-state index is 14.4. The number of nitrogens with zero attached hydrogens (tertiary/aromatic N) is 1. The molecule has 0 radical (unpaired) electrons. The molecule has 27 heavy (non-hydrogen) atoms. The third kappa shape index (κ3) is 5.91. The Balaban J connectivity index is 2.16. The Kier molecular flexibility index (Phi) is 8.05. The molecule has 3 nitrogen and oxygen atoms in total. The van der Waals surface area contributed by atoms with Crippen LogP contribution in [0.4, 0.5) is 8.78 Å². The number of benzene rings is 1. The first kappa shape index (κ1) is 21.6. The van der Waals surface area contributed by atoms with E-state index in [1.807, 2.05) is 6.92 Å². The topological polar surface area (TPSA) is 40.5 Å². The predicted octanol–water partition coefficient (Wildman–Crippen LogP) is 5.51. The lowest BCUT2D eigenvalue weighted by Gasteiger charge is -2.37. The first-order valence-electron chi connectivity index (χ1n) is 9.30. The number of hydrogen-bond acceptors (Lipinski definition) is 3. The second-order valence-corrected chi connectivity index (χ2v) is 8.05. The van der Waals surface area contributed by atoms with E-state index in [-0.39, 0.29) is 23.7 Å². The Morgan fingerprint density at radius 1 is 1.30 bits per heavy atom. The highest BCUT2D eigenvalue weighted by atomic mass is 32.2. The Bertz CT molecular complexity index is 733. The van der Waals surface area contributed by atoms with Gasteiger partial charge in [0.2, 0.25) is 0 Å². The number of halogens is 2. The van der Waals surface area contributed by atoms with Crippen molar-refractivity contribution in [1.29, 1.82) is 0 Å². The SMILES string of the molecule is C/C=C(\C=C/CC)C1CC[C@H](C)N(Cc2cc(F)c(CC(=O)O)cc2F)S1. The van der Waals surface area contributed by atoms with Gasteiger partial charge in [0.25, 0.3) is 0 Å². The van der Waals surface area contributed by atoms with Crippen LogP contribution in [0.3, 0.4) is 0 Å². The van der Waals surface area contributed by atoms with Gasteiger partial charge < -0.3 is 5.11 Å². The Morgan fingerprint density at radius 2 is 1.96 bits per heavy atom. The van der Waals surface area contributed by atoms with Gasteiger partial charge in [-0.05, 0) is 50.8 Å². The molecule has 2 rings (SSSR count). The Hall–Kier alpha value is -1.66. The molecule has 0 bridgehead atoms. The lowest BCUT2D eigenvalue weighted by Crippen LogP contribution is -2.34. The quantitative estimate of drug-likeness (QED) is 0.488. The van der Waals surface area contributed by atoms with Crippen LogP contribution >= 0.6 is 11.9 Å². The highest BCUT2D eigenvalue weighted by molar-refractivity contribution is 7.97. The average molecular weight is 396 g/mol. The van der Waals surface area contributed by atoms with Crippen LogP contribution < -0.4 is 0 Å². The number of carboxylic acid groups (broad SMARTS) is 1. The van der Waals surface area contributed by atoms with Crippen molar-refractivity contribution in [3.8, 4) is 0 Å². The van der Waals surface area contributed by atoms with Crippen molar-refractivity contribution in [1.82, 2.24) is 4.31 Å². The maximum atomic E-state index is 14.4. The van der Waals surface area contributed by atoms with Crippen molar-refractivity contribution in [2.75, 3.05) is 0 Å². The fourth-order valence-corrected chi connectivity index (χ4v) is 4.57. The normalized spacial score (nSPS) is 21.7. The van der Waals surface area contributed by atoms with E-state index >= 15 is 0 Å². The van der Waals surface area contributed by atoms with Crippen molar-refractivity contribution < 1.29 is 18.7 Å². The molecule has 1 fully saturated rings. The molecule has 0 spiro atoms. The summed E-state index contributed by atoms with van der Waals surface area (Å²) in [6, 6.07) is 2.40. The summed E-state index contributed by atoms with van der Waals surface area (Å²) < 4.78 is 30.7. The molecule has 0 aromatic heterocycles. The molecule has 1 aliphatic rings. The predicted molar refractivity (Wildman–Crippen MR) is 107 cm³/mol. The molecule has 1 unspecified atom stereocenters. The van der Waals surface area contributed by atoms with Crippen LogP contribution in [-0.4, -0.2) is 26.7 Å². The van der Waals surface area contributed by atoms with E-state index in [0.717, 1.165) is 31.4 Å². The van der Waals surface area contributed by atoms with Crippen LogP contribution in [-0.2, 0) is 17.8 Å². The van der Waals surface area contributed by atoms with E-state index in [1.54, 1.807) is 11.9 Å². The average Bonchev–Trinajstić information content (AvgIpc) is 2.62. The molecule has 1 N–H and O–H groups in total. The fraction of sp³-hybridized carbons (Fsp3) is 0.476. The second kappa shape index (κ2) is 10.0. The van der Waals surface area contributed by atoms with Gasteiger partial charge in [0, 0.05) is 29.0 Å². The van der Waals surface area contributed by atoms with Gasteiger partial charge in [-0.2, -0.15) is 0 Å². The number of carbonyl (C=O) groups is 1. The molecular weight excluding hydrogens is 368 g/mol. The third-order valence-corrected chi connectivity index (χ3v) is 6.26. The van der Waals surface area contributed by atoms with E-state index < -0.39 is 24.0 Å². The van der Waals surface area contributed by atoms with Crippen LogP contribution in [0.15, 0.2) is 35.9 Å². The van der Waals surface area contributed by atoms with E-state index in [9.17, 15) is 13.6 Å². The molecule has 6 heteroatoms. The van der Waals surface area contributed by atoms with Crippen LogP contribution in [0.5, 0.6) is 0 Å². The minimum absolute atomic E-state index is 0.123. The zero-order valence-corrected chi connectivity index (χ0v) is 16.9. The van der Waals surface area contributed by atoms with Crippen molar-refractivity contribution in [2.24, 2.45) is 0 Å². The molecule has 0 aliphatic carbocycles. The van der Waals surface area contributed by atoms with Gasteiger partial charge >= 0.3 is 5.97 Å². The molecule has 2 atom stereocenters. The van der Waals surface area contributed by atoms with Gasteiger partial charge in [-0.25, -0.2) is 13.1 Å². The van der Waals surface area contributed by atoms with Gasteiger partial charge in [-0.15, -0.1) is 0 Å². The molecule has 1 heterocycles. The monoisotopic (exact) mass is 395 g/mol. The second-order valence-electron chi connectivity index (χ2n) is 6.80. The summed E-state index contributed by atoms with van der Waals surface area (Å²) in [6.07, 6.45) is 8.87. The molecule has 0 amide bonds. The largest absolute Gasteiger partial charge is 0.481 e. The number of rotatable bonds is 7. The molecule has 1 aromatic rings. The Labute approximate surface area is 164 Å². The summed E-state index contributed by atoms with van der Waals surface area (Å²) in [6.45, 7) is 6.49. The molecule has 1 saturated heterocycles. The van der Waals surface area contributed by atoms with Gasteiger partial charge in [-0.3, -0.25) is 4.79 Å². The van der Waals surface area contributed by atoms with Gasteiger partial charge in [0.05, 0.1) is 6.42 Å². The van der Waals surface area contributed by atoms with Gasteiger partial charge in [0.15, 0.2) is 0 Å². The van der Waals surface area contributed by atoms with E-state index in [1.165, 1.54) is 5.57 Å². The highest BCUT2D eigenvalue weighted by Crippen LogP contribution is 2.37. The van der Waals surface area contributed by atoms with Crippen molar-refractivity contribution in [3.63, 3.8) is 0 Å². The highest BCUT2D eigenvalue weighted by Gasteiger charge is 2.28. The van der Waals surface area contributed by atoms with Crippen molar-refractivity contribution in [3.05, 3.63) is 58.7 Å². The lowest BCUT2D eigenvalue weighted by atomic mass is 10.0. The van der Waals surface area contributed by atoms with Crippen molar-refractivity contribution >= 4 is 17.9 Å². The number of carboxylic acids is 1. The molecule has 148 valence electrons. The molecule has 1 aromatic carbocycles. The Morgan fingerprint density at radius 3 is 2.59 bits per heavy atom. The summed E-state index contributed by atoms with van der Waals surface area (Å²) in [5.41, 5.74) is 1.39. The standard InChI is InChI=1S/C21H27F2NO2S/c1-4-6-7-15(5-2)20-9-8-14(3)24(27-20)13-17-11-18(22)16(10-19(17)23)12-21(25)26/h5-7,10-11,14,20H,4,8-9,12-13H2,1-3H3,(H,25,26)/b7-6-,15-5+/t14-,20?/m0/s1. The number of aliphatic carboxylic acids is 1. The van der Waals surface area contributed by atoms with Crippen LogP contribution in [0, 0.1) is 11.6 Å². The molecule has 0 saturated carbocycles. The first-order valence-corrected chi connectivity index (χ1v) is 10.1. The lowest BCUT2D eigenvalue weighted by molar-refractivity contribution is -0.136. The summed E-state index contributed by atoms with van der Waals surface area (Å²) in [4.78, 5) is 10.8. The summed E-state index contributed by atoms with van der Waals surface area (Å²) in [5, 5.41) is 9.10. The van der Waals surface area contributed by atoms with E-state index in [0.29, 0.717) is 5.25 Å². The molecule has 1 aliphatic heterocycles.